The van der Waals surface area contributed by atoms with E-state index in [-0.39, 0.29) is 0 Å². The summed E-state index contributed by atoms with van der Waals surface area (Å²) in [5, 5.41) is 10.1. The highest BCUT2D eigenvalue weighted by Crippen LogP contribution is 2.26. The van der Waals surface area contributed by atoms with Gasteiger partial charge in [-0.1, -0.05) is 25.3 Å². The molecule has 0 spiro atoms. The lowest BCUT2D eigenvalue weighted by molar-refractivity contribution is -0.128. The third kappa shape index (κ3) is 4.13. The number of hydrogen-bond donors (Lipinski definition) is 1. The predicted octanol–water partition coefficient (Wildman–Crippen LogP) is 3.43. The molecule has 3 rings (SSSR count). The number of carbonyl (C=O) groups excluding carboxylic acids is 1. The van der Waals surface area contributed by atoms with Gasteiger partial charge < -0.3 is 19.0 Å². The van der Waals surface area contributed by atoms with E-state index in [1.807, 2.05) is 0 Å². The van der Waals surface area contributed by atoms with Crippen molar-refractivity contribution in [2.45, 2.75) is 6.29 Å². The minimum Gasteiger partial charge on any atom is -0.461 e. The van der Waals surface area contributed by atoms with Crippen molar-refractivity contribution in [3.63, 3.8) is 0 Å². The van der Waals surface area contributed by atoms with Gasteiger partial charge in [0.25, 0.3) is 0 Å². The normalized spacial score (nSPS) is 11.6. The monoisotopic (exact) mass is 364 g/mol. The fraction of sp³-hybridized carbons (Fsp3) is 0.0476. The Hall–Kier alpha value is -3.64. The van der Waals surface area contributed by atoms with Crippen molar-refractivity contribution in [3.8, 4) is 22.6 Å². The number of aliphatic hydroxyl groups is 1. The molecule has 1 heterocycles. The van der Waals surface area contributed by atoms with Crippen LogP contribution in [0.2, 0.25) is 0 Å². The summed E-state index contributed by atoms with van der Waals surface area (Å²) in [4.78, 5) is 23.6. The molecule has 1 unspecified atom stereocenters. The van der Waals surface area contributed by atoms with Crippen LogP contribution in [0.4, 0.5) is 0 Å². The van der Waals surface area contributed by atoms with Crippen molar-refractivity contribution in [3.05, 3.63) is 84.3 Å². The first kappa shape index (κ1) is 18.2. The van der Waals surface area contributed by atoms with E-state index in [0.29, 0.717) is 33.6 Å². The molecule has 27 heavy (non-hydrogen) atoms. The van der Waals surface area contributed by atoms with Crippen molar-refractivity contribution in [2.75, 3.05) is 0 Å². The molecule has 2 aromatic carbocycles. The second-order valence-corrected chi connectivity index (χ2v) is 5.54. The van der Waals surface area contributed by atoms with E-state index in [4.69, 9.17) is 13.9 Å². The van der Waals surface area contributed by atoms with Crippen molar-refractivity contribution >= 4 is 16.9 Å². The molecule has 3 aromatic rings. The molecule has 0 amide bonds. The van der Waals surface area contributed by atoms with Gasteiger partial charge in [0.1, 0.15) is 17.1 Å². The van der Waals surface area contributed by atoms with Crippen LogP contribution in [0.5, 0.6) is 11.5 Å². The summed E-state index contributed by atoms with van der Waals surface area (Å²) in [7, 11) is 0. The molecule has 0 radical (unpaired) electrons. The van der Waals surface area contributed by atoms with Gasteiger partial charge in [0.15, 0.2) is 0 Å². The standard InChI is InChI=1S/C21H16O6/c1-3-19(22)25-15-8-5-13(6-9-15)17-11-14-7-10-16(26-20(23)4-2)12-18(14)27-21(17)24/h3-12,20,23H,1-2H2. The van der Waals surface area contributed by atoms with Gasteiger partial charge in [-0.2, -0.15) is 0 Å². The van der Waals surface area contributed by atoms with Crippen LogP contribution in [0, 0.1) is 0 Å². The van der Waals surface area contributed by atoms with Crippen LogP contribution < -0.4 is 15.1 Å². The summed E-state index contributed by atoms with van der Waals surface area (Å²) in [5.74, 6) is 0.128. The fourth-order valence-electron chi connectivity index (χ4n) is 2.41. The summed E-state index contributed by atoms with van der Waals surface area (Å²) in [6, 6.07) is 13.0. The van der Waals surface area contributed by atoms with Crippen LogP contribution in [0.3, 0.4) is 0 Å². The molecule has 0 aliphatic heterocycles. The van der Waals surface area contributed by atoms with Gasteiger partial charge >= 0.3 is 11.6 Å². The Morgan fingerprint density at radius 3 is 2.44 bits per heavy atom. The van der Waals surface area contributed by atoms with E-state index in [2.05, 4.69) is 13.2 Å². The highest BCUT2D eigenvalue weighted by atomic mass is 16.6. The van der Waals surface area contributed by atoms with Gasteiger partial charge in [-0.25, -0.2) is 9.59 Å². The maximum atomic E-state index is 12.4. The number of hydrogen-bond acceptors (Lipinski definition) is 6. The molecule has 6 heteroatoms. The van der Waals surface area contributed by atoms with E-state index in [1.54, 1.807) is 42.5 Å². The maximum Gasteiger partial charge on any atom is 0.344 e. The summed E-state index contributed by atoms with van der Waals surface area (Å²) in [6.45, 7) is 6.76. The highest BCUT2D eigenvalue weighted by molar-refractivity contribution is 5.84. The number of fused-ring (bicyclic) bond motifs is 1. The summed E-state index contributed by atoms with van der Waals surface area (Å²) < 4.78 is 15.6. The van der Waals surface area contributed by atoms with Crippen molar-refractivity contribution < 1.29 is 23.8 Å². The van der Waals surface area contributed by atoms with Crippen LogP contribution in [-0.2, 0) is 4.79 Å². The van der Waals surface area contributed by atoms with Crippen molar-refractivity contribution in [1.82, 2.24) is 0 Å². The third-order valence-corrected chi connectivity index (χ3v) is 3.72. The molecule has 0 aliphatic rings. The SMILES string of the molecule is C=CC(=O)Oc1ccc(-c2cc3ccc(OC(O)C=C)cc3oc2=O)cc1. The van der Waals surface area contributed by atoms with E-state index in [9.17, 15) is 14.7 Å². The molecule has 0 fully saturated rings. The highest BCUT2D eigenvalue weighted by Gasteiger charge is 2.10. The lowest BCUT2D eigenvalue weighted by Crippen LogP contribution is -2.11. The molecule has 1 atom stereocenters. The number of aliphatic hydroxyl groups excluding tert-OH is 1. The minimum atomic E-state index is -1.15. The van der Waals surface area contributed by atoms with E-state index in [1.165, 1.54) is 12.1 Å². The zero-order valence-corrected chi connectivity index (χ0v) is 14.3. The zero-order chi connectivity index (χ0) is 19.4. The predicted molar refractivity (Wildman–Crippen MR) is 101 cm³/mol. The average Bonchev–Trinajstić information content (AvgIpc) is 2.68. The molecular formula is C21H16O6. The third-order valence-electron chi connectivity index (χ3n) is 3.72. The quantitative estimate of drug-likeness (QED) is 0.180. The molecule has 136 valence electrons. The smallest absolute Gasteiger partial charge is 0.344 e. The van der Waals surface area contributed by atoms with Gasteiger partial charge in [-0.3, -0.25) is 0 Å². The molecule has 1 N–H and O–H groups in total. The number of carbonyl (C=O) groups is 1. The van der Waals surface area contributed by atoms with Gasteiger partial charge in [-0.15, -0.1) is 0 Å². The molecule has 0 saturated carbocycles. The minimum absolute atomic E-state index is 0.328. The Bertz CT molecular complexity index is 1060. The number of rotatable bonds is 6. The topological polar surface area (TPSA) is 86.0 Å². The Balaban J connectivity index is 1.93. The molecule has 1 aromatic heterocycles. The second kappa shape index (κ2) is 7.72. The van der Waals surface area contributed by atoms with Crippen LogP contribution in [-0.4, -0.2) is 17.4 Å². The average molecular weight is 364 g/mol. The van der Waals surface area contributed by atoms with Crippen molar-refractivity contribution in [1.29, 1.82) is 0 Å². The molecule has 0 aliphatic carbocycles. The van der Waals surface area contributed by atoms with Crippen molar-refractivity contribution in [2.24, 2.45) is 0 Å². The Morgan fingerprint density at radius 2 is 1.78 bits per heavy atom. The van der Waals surface area contributed by atoms with E-state index < -0.39 is 17.9 Å². The van der Waals surface area contributed by atoms with Crippen LogP contribution in [0.1, 0.15) is 0 Å². The number of ether oxygens (including phenoxy) is 2. The van der Waals surface area contributed by atoms with Gasteiger partial charge in [0.2, 0.25) is 6.29 Å². The first-order chi connectivity index (χ1) is 13.0. The number of benzene rings is 2. The Labute approximate surface area is 154 Å². The molecular weight excluding hydrogens is 348 g/mol. The van der Waals surface area contributed by atoms with E-state index in [0.717, 1.165) is 6.08 Å². The van der Waals surface area contributed by atoms with Crippen LogP contribution >= 0.6 is 0 Å². The van der Waals surface area contributed by atoms with Crippen LogP contribution in [0.25, 0.3) is 22.1 Å². The zero-order valence-electron chi connectivity index (χ0n) is 14.3. The fourth-order valence-corrected chi connectivity index (χ4v) is 2.41. The Morgan fingerprint density at radius 1 is 1.07 bits per heavy atom. The first-order valence-electron chi connectivity index (χ1n) is 8.00. The van der Waals surface area contributed by atoms with Gasteiger partial charge in [0, 0.05) is 17.5 Å². The summed E-state index contributed by atoms with van der Waals surface area (Å²) in [5.41, 5.74) is 0.782. The maximum absolute atomic E-state index is 12.4. The molecule has 0 bridgehead atoms. The van der Waals surface area contributed by atoms with Gasteiger partial charge in [0.05, 0.1) is 5.56 Å². The second-order valence-electron chi connectivity index (χ2n) is 5.54. The summed E-state index contributed by atoms with van der Waals surface area (Å²) in [6.07, 6.45) is 1.15. The first-order valence-corrected chi connectivity index (χ1v) is 8.00. The lowest BCUT2D eigenvalue weighted by Gasteiger charge is -2.10. The molecule has 6 nitrogen and oxygen atoms in total. The molecule has 0 saturated heterocycles. The largest absolute Gasteiger partial charge is 0.461 e. The van der Waals surface area contributed by atoms with Gasteiger partial charge in [-0.05, 0) is 42.0 Å². The number of esters is 1. The summed E-state index contributed by atoms with van der Waals surface area (Å²) >= 11 is 0. The Kier molecular flexibility index (Phi) is 5.19. The van der Waals surface area contributed by atoms with Crippen LogP contribution in [0.15, 0.2) is 83.1 Å². The lowest BCUT2D eigenvalue weighted by atomic mass is 10.1. The van der Waals surface area contributed by atoms with E-state index >= 15 is 0 Å².